The van der Waals surface area contributed by atoms with Crippen LogP contribution in [0.15, 0.2) is 18.5 Å². The number of hydrogen-bond acceptors (Lipinski definition) is 3. The fourth-order valence-corrected chi connectivity index (χ4v) is 2.99. The van der Waals surface area contributed by atoms with Crippen molar-refractivity contribution in [2.45, 2.75) is 39.7 Å². The van der Waals surface area contributed by atoms with Gasteiger partial charge in [0, 0.05) is 18.8 Å². The number of nitrogens with zero attached hydrogens (tertiary/aromatic N) is 2. The molecule has 5 heteroatoms. The molecule has 1 aliphatic rings. The first-order chi connectivity index (χ1) is 9.82. The van der Waals surface area contributed by atoms with E-state index in [4.69, 9.17) is 0 Å². The van der Waals surface area contributed by atoms with Crippen molar-refractivity contribution in [2.24, 2.45) is 11.3 Å². The van der Waals surface area contributed by atoms with Gasteiger partial charge in [-0.25, -0.2) is 4.39 Å². The quantitative estimate of drug-likeness (QED) is 0.927. The van der Waals surface area contributed by atoms with Gasteiger partial charge in [0.15, 0.2) is 0 Å². The van der Waals surface area contributed by atoms with Gasteiger partial charge in [-0.1, -0.05) is 0 Å². The van der Waals surface area contributed by atoms with Gasteiger partial charge in [-0.2, -0.15) is 0 Å². The van der Waals surface area contributed by atoms with Crippen molar-refractivity contribution in [2.75, 3.05) is 13.1 Å². The molecular weight excluding hydrogens is 271 g/mol. The maximum Gasteiger partial charge on any atom is 0.309 e. The van der Waals surface area contributed by atoms with Crippen LogP contribution in [-0.4, -0.2) is 34.0 Å². The molecule has 0 bridgehead atoms. The maximum absolute atomic E-state index is 13.3. The molecule has 0 amide bonds. The monoisotopic (exact) mass is 294 g/mol. The summed E-state index contributed by atoms with van der Waals surface area (Å²) in [5, 5.41) is 9.39. The van der Waals surface area contributed by atoms with Crippen molar-refractivity contribution in [3.05, 3.63) is 29.8 Å². The molecule has 1 saturated heterocycles. The van der Waals surface area contributed by atoms with Gasteiger partial charge in [0.05, 0.1) is 11.6 Å². The predicted molar refractivity (Wildman–Crippen MR) is 78.3 cm³/mol. The van der Waals surface area contributed by atoms with E-state index in [1.54, 1.807) is 20.0 Å². The molecular formula is C16H23FN2O2. The fourth-order valence-electron chi connectivity index (χ4n) is 2.99. The van der Waals surface area contributed by atoms with Gasteiger partial charge in [-0.3, -0.25) is 14.7 Å². The number of carboxylic acid groups (broad SMARTS) is 1. The van der Waals surface area contributed by atoms with E-state index in [2.05, 4.69) is 9.88 Å². The number of pyridine rings is 1. The molecule has 4 nitrogen and oxygen atoms in total. The van der Waals surface area contributed by atoms with Crippen molar-refractivity contribution < 1.29 is 14.3 Å². The minimum Gasteiger partial charge on any atom is -0.481 e. The van der Waals surface area contributed by atoms with Crippen molar-refractivity contribution in [3.63, 3.8) is 0 Å². The zero-order valence-electron chi connectivity index (χ0n) is 12.8. The predicted octanol–water partition coefficient (Wildman–Crippen LogP) is 3.10. The second kappa shape index (κ2) is 6.10. The van der Waals surface area contributed by atoms with Crippen LogP contribution in [0.2, 0.25) is 0 Å². The summed E-state index contributed by atoms with van der Waals surface area (Å²) < 4.78 is 13.3. The molecule has 0 spiro atoms. The van der Waals surface area contributed by atoms with E-state index < -0.39 is 11.4 Å². The number of aliphatic carboxylic acids is 1. The van der Waals surface area contributed by atoms with E-state index >= 15 is 0 Å². The van der Waals surface area contributed by atoms with E-state index in [0.29, 0.717) is 0 Å². The zero-order chi connectivity index (χ0) is 15.6. The second-order valence-corrected chi connectivity index (χ2v) is 6.47. The van der Waals surface area contributed by atoms with Crippen LogP contribution in [0.4, 0.5) is 4.39 Å². The zero-order valence-corrected chi connectivity index (χ0v) is 12.8. The van der Waals surface area contributed by atoms with Crippen molar-refractivity contribution in [1.29, 1.82) is 0 Å². The Labute approximate surface area is 125 Å². The Balaban J connectivity index is 2.12. The van der Waals surface area contributed by atoms with Crippen LogP contribution in [-0.2, 0) is 4.79 Å². The fraction of sp³-hybridized carbons (Fsp3) is 0.625. The number of aromatic nitrogens is 1. The number of hydrogen-bond donors (Lipinski definition) is 1. The average Bonchev–Trinajstić information content (AvgIpc) is 2.46. The Morgan fingerprint density at radius 3 is 2.86 bits per heavy atom. The second-order valence-electron chi connectivity index (χ2n) is 6.47. The van der Waals surface area contributed by atoms with Gasteiger partial charge in [-0.05, 0) is 57.7 Å². The highest BCUT2D eigenvalue weighted by Gasteiger charge is 2.39. The molecule has 2 rings (SSSR count). The van der Waals surface area contributed by atoms with Crippen LogP contribution in [0.1, 0.15) is 45.2 Å². The normalized spacial score (nSPS) is 22.0. The molecule has 1 aromatic rings. The SMILES string of the molecule is CC(c1cncc(F)c1)N1CCCC(C(C)(C)C(=O)O)C1. The van der Waals surface area contributed by atoms with Crippen LogP contribution < -0.4 is 0 Å². The van der Waals surface area contributed by atoms with Gasteiger partial charge in [0.25, 0.3) is 0 Å². The third kappa shape index (κ3) is 3.40. The summed E-state index contributed by atoms with van der Waals surface area (Å²) >= 11 is 0. The first-order valence-corrected chi connectivity index (χ1v) is 7.40. The topological polar surface area (TPSA) is 53.4 Å². The summed E-state index contributed by atoms with van der Waals surface area (Å²) in [5.41, 5.74) is 0.0993. The summed E-state index contributed by atoms with van der Waals surface area (Å²) in [6.45, 7) is 7.23. The lowest BCUT2D eigenvalue weighted by Gasteiger charge is -2.41. The van der Waals surface area contributed by atoms with E-state index in [-0.39, 0.29) is 17.8 Å². The molecule has 116 valence electrons. The molecule has 0 aromatic carbocycles. The van der Waals surface area contributed by atoms with Crippen molar-refractivity contribution >= 4 is 5.97 Å². The van der Waals surface area contributed by atoms with E-state index in [9.17, 15) is 14.3 Å². The summed E-state index contributed by atoms with van der Waals surface area (Å²) in [6, 6.07) is 1.55. The molecule has 0 radical (unpaired) electrons. The highest BCUT2D eigenvalue weighted by molar-refractivity contribution is 5.74. The molecule has 1 aliphatic heterocycles. The summed E-state index contributed by atoms with van der Waals surface area (Å²) in [4.78, 5) is 17.6. The Hall–Kier alpha value is -1.49. The lowest BCUT2D eigenvalue weighted by molar-refractivity contribution is -0.151. The lowest BCUT2D eigenvalue weighted by Crippen LogP contribution is -2.45. The first-order valence-electron chi connectivity index (χ1n) is 7.40. The van der Waals surface area contributed by atoms with E-state index in [1.165, 1.54) is 12.3 Å². The van der Waals surface area contributed by atoms with Crippen molar-refractivity contribution in [3.8, 4) is 0 Å². The summed E-state index contributed by atoms with van der Waals surface area (Å²) in [7, 11) is 0. The molecule has 2 unspecified atom stereocenters. The Bertz CT molecular complexity index is 519. The number of carboxylic acids is 1. The van der Waals surface area contributed by atoms with Gasteiger partial charge >= 0.3 is 5.97 Å². The van der Waals surface area contributed by atoms with E-state index in [1.807, 2.05) is 6.92 Å². The van der Waals surface area contributed by atoms with Crippen LogP contribution in [0.3, 0.4) is 0 Å². The molecule has 2 atom stereocenters. The Morgan fingerprint density at radius 1 is 1.52 bits per heavy atom. The summed E-state index contributed by atoms with van der Waals surface area (Å²) in [6.07, 6.45) is 4.76. The minimum absolute atomic E-state index is 0.0422. The smallest absolute Gasteiger partial charge is 0.309 e. The van der Waals surface area contributed by atoms with Crippen LogP contribution in [0.25, 0.3) is 0 Å². The van der Waals surface area contributed by atoms with Gasteiger partial charge in [0.2, 0.25) is 0 Å². The van der Waals surface area contributed by atoms with Crippen molar-refractivity contribution in [1.82, 2.24) is 9.88 Å². The average molecular weight is 294 g/mol. The van der Waals surface area contributed by atoms with E-state index in [0.717, 1.165) is 31.5 Å². The van der Waals surface area contributed by atoms with Crippen LogP contribution >= 0.6 is 0 Å². The molecule has 1 N–H and O–H groups in total. The van der Waals surface area contributed by atoms with Gasteiger partial charge in [-0.15, -0.1) is 0 Å². The number of piperidine rings is 1. The molecule has 0 aliphatic carbocycles. The number of carbonyl (C=O) groups is 1. The number of rotatable bonds is 4. The highest BCUT2D eigenvalue weighted by atomic mass is 19.1. The molecule has 2 heterocycles. The largest absolute Gasteiger partial charge is 0.481 e. The highest BCUT2D eigenvalue weighted by Crippen LogP contribution is 2.36. The Kier molecular flexibility index (Phi) is 4.61. The minimum atomic E-state index is -0.755. The van der Waals surface area contributed by atoms with Gasteiger partial charge in [0.1, 0.15) is 5.82 Å². The van der Waals surface area contributed by atoms with Gasteiger partial charge < -0.3 is 5.11 Å². The third-order valence-corrected chi connectivity index (χ3v) is 4.78. The number of halogens is 1. The molecule has 21 heavy (non-hydrogen) atoms. The standard InChI is InChI=1S/C16H23FN2O2/c1-11(12-7-14(17)9-18-8-12)19-6-4-5-13(10-19)16(2,3)15(20)21/h7-9,11,13H,4-6,10H2,1-3H3,(H,20,21). The molecule has 1 fully saturated rings. The lowest BCUT2D eigenvalue weighted by atomic mass is 9.74. The van der Waals surface area contributed by atoms with Crippen LogP contribution in [0, 0.1) is 17.2 Å². The summed E-state index contributed by atoms with van der Waals surface area (Å²) in [5.74, 6) is -0.985. The third-order valence-electron chi connectivity index (χ3n) is 4.78. The molecule has 1 aromatic heterocycles. The first kappa shape index (κ1) is 15.9. The molecule has 0 saturated carbocycles. The number of likely N-dealkylation sites (tertiary alicyclic amines) is 1. The van der Waals surface area contributed by atoms with Crippen LogP contribution in [0.5, 0.6) is 0 Å². The Morgan fingerprint density at radius 2 is 2.24 bits per heavy atom. The maximum atomic E-state index is 13.3.